The van der Waals surface area contributed by atoms with E-state index in [4.69, 9.17) is 30.1 Å². The number of hydrogen-bond acceptors (Lipinski definition) is 9. The number of rotatable bonds is 24. The third kappa shape index (κ3) is 15.3. The molecule has 14 nitrogen and oxygen atoms in total. The van der Waals surface area contributed by atoms with Gasteiger partial charge in [0.2, 0.25) is 11.8 Å². The molecule has 5 fully saturated rings. The van der Waals surface area contributed by atoms with Gasteiger partial charge < -0.3 is 35.9 Å². The number of ether oxygens (including phenoxy) is 3. The highest BCUT2D eigenvalue weighted by atomic mass is 28.3. The summed E-state index contributed by atoms with van der Waals surface area (Å²) in [5.74, 6) is 2.66. The Bertz CT molecular complexity index is 2490. The minimum Gasteiger partial charge on any atom is -0.446 e. The summed E-state index contributed by atoms with van der Waals surface area (Å²) < 4.78 is 21.3. The van der Waals surface area contributed by atoms with E-state index < -0.39 is 34.3 Å². The number of benzene rings is 2. The predicted molar refractivity (Wildman–Crippen MR) is 297 cm³/mol. The fourth-order valence-corrected chi connectivity index (χ4v) is 12.1. The smallest absolute Gasteiger partial charge is 0.408 e. The summed E-state index contributed by atoms with van der Waals surface area (Å²) >= 11 is 0. The quantitative estimate of drug-likeness (QED) is 0.0393. The summed E-state index contributed by atoms with van der Waals surface area (Å²) in [6.45, 7) is 24.8. The molecular formula is C57H86N8O6Si2. The van der Waals surface area contributed by atoms with Crippen LogP contribution in [0.1, 0.15) is 93.4 Å². The van der Waals surface area contributed by atoms with Crippen molar-refractivity contribution in [2.24, 2.45) is 41.2 Å². The molecule has 398 valence electrons. The summed E-state index contributed by atoms with van der Waals surface area (Å²) in [6.07, 6.45) is 11.9. The normalized spacial score (nSPS) is 17.9. The largest absolute Gasteiger partial charge is 0.446 e. The number of alkyl carbamates (subject to hydrolysis) is 1. The van der Waals surface area contributed by atoms with Crippen LogP contribution in [0.25, 0.3) is 22.3 Å². The molecule has 0 bridgehead atoms. The highest BCUT2D eigenvalue weighted by Crippen LogP contribution is 2.52. The van der Waals surface area contributed by atoms with E-state index in [-0.39, 0.29) is 23.8 Å². The fraction of sp³-hybridized carbons (Fsp3) is 0.632. The van der Waals surface area contributed by atoms with Gasteiger partial charge in [-0.15, -0.1) is 0 Å². The Kier molecular flexibility index (Phi) is 17.6. The van der Waals surface area contributed by atoms with Crippen molar-refractivity contribution in [3.05, 3.63) is 71.3 Å². The van der Waals surface area contributed by atoms with E-state index in [1.54, 1.807) is 0 Å². The van der Waals surface area contributed by atoms with E-state index in [0.29, 0.717) is 43.1 Å². The molecule has 0 saturated heterocycles. The second kappa shape index (κ2) is 23.5. The van der Waals surface area contributed by atoms with Crippen LogP contribution in [-0.4, -0.2) is 85.0 Å². The molecule has 2 atom stereocenters. The SMILES string of the molecule is Cc1nn(COCC[Si](C)(C)C)c(C)c1-c1ccc(NC(=O)[C@@H](N)C(C2CC2)C2CC2)cc1.Cc1nn(COCC[Si](C)(C)C)c(C)c1-c1ccc(NC(=O)[C@@H](NC(=O)OC2CCC2)C(C2CC2)C2CC2)cc1. The Hall–Kier alpha value is -4.62. The van der Waals surface area contributed by atoms with Gasteiger partial charge >= 0.3 is 6.09 Å². The van der Waals surface area contributed by atoms with Crippen LogP contribution < -0.4 is 21.7 Å². The van der Waals surface area contributed by atoms with Crippen LogP contribution in [0.4, 0.5) is 16.2 Å². The van der Waals surface area contributed by atoms with Gasteiger partial charge in [-0.05, 0) is 181 Å². The van der Waals surface area contributed by atoms with Crippen LogP contribution in [0, 0.1) is 63.2 Å². The first-order valence-electron chi connectivity index (χ1n) is 27.5. The van der Waals surface area contributed by atoms with E-state index in [2.05, 4.69) is 69.1 Å². The van der Waals surface area contributed by atoms with Crippen LogP contribution in [0.15, 0.2) is 48.5 Å². The van der Waals surface area contributed by atoms with Gasteiger partial charge in [-0.1, -0.05) is 63.5 Å². The summed E-state index contributed by atoms with van der Waals surface area (Å²) in [6, 6.07) is 17.2. The molecule has 2 aromatic heterocycles. The molecule has 5 N–H and O–H groups in total. The van der Waals surface area contributed by atoms with E-state index >= 15 is 0 Å². The molecule has 0 spiro atoms. The lowest BCUT2D eigenvalue weighted by Gasteiger charge is -2.30. The number of nitrogens with two attached hydrogens (primary N) is 1. The number of anilines is 2. The van der Waals surface area contributed by atoms with Crippen molar-refractivity contribution in [2.45, 2.75) is 181 Å². The average molecular weight is 1040 g/mol. The molecule has 9 rings (SSSR count). The maximum Gasteiger partial charge on any atom is 0.408 e. The molecule has 73 heavy (non-hydrogen) atoms. The Morgan fingerprint density at radius 1 is 0.603 bits per heavy atom. The lowest BCUT2D eigenvalue weighted by atomic mass is 9.88. The molecule has 0 radical (unpaired) electrons. The van der Waals surface area contributed by atoms with Gasteiger partial charge in [0, 0.05) is 63.3 Å². The van der Waals surface area contributed by atoms with E-state index in [1.807, 2.05) is 71.7 Å². The topological polar surface area (TPSA) is 177 Å². The van der Waals surface area contributed by atoms with Gasteiger partial charge in [-0.25, -0.2) is 14.2 Å². The van der Waals surface area contributed by atoms with E-state index in [9.17, 15) is 14.4 Å². The maximum atomic E-state index is 13.6. The third-order valence-corrected chi connectivity index (χ3v) is 19.1. The molecule has 3 amide bonds. The minimum atomic E-state index is -1.13. The minimum absolute atomic E-state index is 0.00969. The number of aromatic nitrogens is 4. The lowest BCUT2D eigenvalue weighted by molar-refractivity contribution is -0.120. The molecule has 5 aliphatic rings. The van der Waals surface area contributed by atoms with Crippen molar-refractivity contribution in [1.82, 2.24) is 24.9 Å². The first-order valence-corrected chi connectivity index (χ1v) is 34.9. The number of carbonyl (C=O) groups excluding carboxylic acids is 3. The van der Waals surface area contributed by atoms with Gasteiger partial charge in [0.25, 0.3) is 0 Å². The zero-order valence-electron chi connectivity index (χ0n) is 45.7. The summed E-state index contributed by atoms with van der Waals surface area (Å²) in [5, 5.41) is 18.5. The fourth-order valence-electron chi connectivity index (χ4n) is 10.6. The molecule has 0 unspecified atom stereocenters. The Balaban J connectivity index is 0.000000199. The van der Waals surface area contributed by atoms with Gasteiger partial charge in [0.05, 0.1) is 17.4 Å². The highest BCUT2D eigenvalue weighted by Gasteiger charge is 2.49. The number of amides is 3. The maximum absolute atomic E-state index is 13.6. The molecule has 4 aromatic rings. The first kappa shape index (κ1) is 54.6. The van der Waals surface area contributed by atoms with Gasteiger partial charge in [-0.2, -0.15) is 10.2 Å². The van der Waals surface area contributed by atoms with Crippen molar-refractivity contribution < 1.29 is 28.6 Å². The second-order valence-electron chi connectivity index (χ2n) is 24.5. The van der Waals surface area contributed by atoms with Crippen molar-refractivity contribution in [1.29, 1.82) is 0 Å². The Morgan fingerprint density at radius 2 is 1.00 bits per heavy atom. The van der Waals surface area contributed by atoms with E-state index in [0.717, 1.165) is 127 Å². The highest BCUT2D eigenvalue weighted by molar-refractivity contribution is 6.76. The monoisotopic (exact) mass is 1030 g/mol. The summed E-state index contributed by atoms with van der Waals surface area (Å²) in [5.41, 5.74) is 16.4. The number of aryl methyl sites for hydroxylation is 2. The molecule has 5 saturated carbocycles. The Labute approximate surface area is 437 Å². The van der Waals surface area contributed by atoms with Crippen molar-refractivity contribution in [3.8, 4) is 22.3 Å². The standard InChI is InChI=1S/C31H46N4O4Si.C26H40N4O2Si/c1-20-27(21(2)35(34-20)19-38-17-18-40(3,4)5)22-13-15-25(16-14-22)32-30(36)29(28(23-9-10-23)24-11-12-24)33-31(37)39-26-7-6-8-26;1-17-23(18(2)30(29-17)16-32-14-15-33(3,4)5)19-10-12-22(13-11-19)28-26(31)25(27)24(20-6-7-20)21-8-9-21/h13-16,23-24,26,28-29H,6-12,17-19H2,1-5H3,(H,32,36)(H,33,37);10-13,20-21,24-25H,6-9,14-16,27H2,1-5H3,(H,28,31)/t29-;25-/m00/s1. The van der Waals surface area contributed by atoms with Crippen LogP contribution in [0.2, 0.25) is 51.4 Å². The summed E-state index contributed by atoms with van der Waals surface area (Å²) in [4.78, 5) is 39.1. The number of hydrogen-bond donors (Lipinski definition) is 4. The van der Waals surface area contributed by atoms with E-state index in [1.165, 1.54) is 25.7 Å². The van der Waals surface area contributed by atoms with Gasteiger partial charge in [0.1, 0.15) is 25.6 Å². The molecule has 16 heteroatoms. The predicted octanol–water partition coefficient (Wildman–Crippen LogP) is 11.7. The lowest BCUT2D eigenvalue weighted by Crippen LogP contribution is -2.51. The zero-order chi connectivity index (χ0) is 52.2. The van der Waals surface area contributed by atoms with Crippen molar-refractivity contribution >= 4 is 45.4 Å². The van der Waals surface area contributed by atoms with Crippen LogP contribution in [-0.2, 0) is 37.3 Å². The molecule has 2 heterocycles. The van der Waals surface area contributed by atoms with Crippen molar-refractivity contribution in [2.75, 3.05) is 23.8 Å². The number of carbonyl (C=O) groups is 3. The number of nitrogens with one attached hydrogen (secondary N) is 3. The molecule has 0 aliphatic heterocycles. The van der Waals surface area contributed by atoms with Gasteiger partial charge in [0.15, 0.2) is 0 Å². The van der Waals surface area contributed by atoms with Crippen molar-refractivity contribution in [3.63, 3.8) is 0 Å². The average Bonchev–Trinajstić information content (AvgIpc) is 4.10. The first-order chi connectivity index (χ1) is 34.7. The van der Waals surface area contributed by atoms with Gasteiger partial charge in [-0.3, -0.25) is 9.59 Å². The summed E-state index contributed by atoms with van der Waals surface area (Å²) in [7, 11) is -2.23. The number of nitrogens with zero attached hydrogens (tertiary/aromatic N) is 4. The molecule has 5 aliphatic carbocycles. The van der Waals surface area contributed by atoms with Crippen LogP contribution in [0.5, 0.6) is 0 Å². The molecule has 2 aromatic carbocycles. The second-order valence-corrected chi connectivity index (χ2v) is 35.8. The zero-order valence-corrected chi connectivity index (χ0v) is 47.7. The third-order valence-electron chi connectivity index (χ3n) is 15.7. The Morgan fingerprint density at radius 3 is 1.37 bits per heavy atom. The van der Waals surface area contributed by atoms with Crippen LogP contribution in [0.3, 0.4) is 0 Å². The molecular weight excluding hydrogens is 949 g/mol. The van der Waals surface area contributed by atoms with Crippen LogP contribution >= 0.6 is 0 Å².